The van der Waals surface area contributed by atoms with E-state index in [4.69, 9.17) is 0 Å². The Morgan fingerprint density at radius 1 is 1.41 bits per heavy atom. The molecule has 2 amide bonds. The van der Waals surface area contributed by atoms with Crippen LogP contribution < -0.4 is 0 Å². The van der Waals surface area contributed by atoms with Crippen molar-refractivity contribution in [2.75, 3.05) is 26.7 Å². The van der Waals surface area contributed by atoms with E-state index in [9.17, 15) is 27.6 Å². The van der Waals surface area contributed by atoms with Crippen molar-refractivity contribution in [2.45, 2.75) is 32.5 Å². The predicted octanol–water partition coefficient (Wildman–Crippen LogP) is 0.807. The van der Waals surface area contributed by atoms with Crippen LogP contribution in [0.1, 0.15) is 20.3 Å². The lowest BCUT2D eigenvalue weighted by Gasteiger charge is -2.28. The Kier molecular flexibility index (Phi) is 5.78. The van der Waals surface area contributed by atoms with Crippen LogP contribution in [0.15, 0.2) is 0 Å². The Hall–Kier alpha value is -1.80. The van der Waals surface area contributed by atoms with Crippen LogP contribution in [0.25, 0.3) is 0 Å². The fourth-order valence-corrected chi connectivity index (χ4v) is 2.26. The van der Waals surface area contributed by atoms with Crippen LogP contribution in [-0.2, 0) is 19.1 Å². The van der Waals surface area contributed by atoms with Crippen molar-refractivity contribution in [3.8, 4) is 0 Å². The molecule has 0 saturated carbocycles. The van der Waals surface area contributed by atoms with E-state index in [0.717, 1.165) is 0 Å². The van der Waals surface area contributed by atoms with Crippen LogP contribution in [0.4, 0.5) is 13.2 Å². The van der Waals surface area contributed by atoms with E-state index in [1.54, 1.807) is 13.8 Å². The molecule has 1 rings (SSSR count). The molecule has 0 radical (unpaired) electrons. The SMILES string of the molecule is COC(=O)CN(C(=O)C1CC(=O)N(CC(F)(F)F)C1)C(C)C. The number of esters is 1. The topological polar surface area (TPSA) is 66.9 Å². The average Bonchev–Trinajstić information content (AvgIpc) is 2.73. The van der Waals surface area contributed by atoms with E-state index in [-0.39, 0.29) is 25.6 Å². The Balaban J connectivity index is 2.76. The van der Waals surface area contributed by atoms with Crippen LogP contribution >= 0.6 is 0 Å². The highest BCUT2D eigenvalue weighted by atomic mass is 19.4. The molecule has 0 spiro atoms. The summed E-state index contributed by atoms with van der Waals surface area (Å²) >= 11 is 0. The molecule has 22 heavy (non-hydrogen) atoms. The predicted molar refractivity (Wildman–Crippen MR) is 69.6 cm³/mol. The van der Waals surface area contributed by atoms with Crippen LogP contribution in [0, 0.1) is 5.92 Å². The third kappa shape index (κ3) is 4.88. The molecule has 1 unspecified atom stereocenters. The van der Waals surface area contributed by atoms with E-state index in [0.29, 0.717) is 4.90 Å². The van der Waals surface area contributed by atoms with Gasteiger partial charge in [-0.25, -0.2) is 0 Å². The quantitative estimate of drug-likeness (QED) is 0.702. The Morgan fingerprint density at radius 2 is 2.00 bits per heavy atom. The maximum atomic E-state index is 12.4. The van der Waals surface area contributed by atoms with Gasteiger partial charge in [-0.2, -0.15) is 13.2 Å². The van der Waals surface area contributed by atoms with Gasteiger partial charge in [0.25, 0.3) is 0 Å². The van der Waals surface area contributed by atoms with E-state index in [1.165, 1.54) is 12.0 Å². The molecule has 0 bridgehead atoms. The van der Waals surface area contributed by atoms with Crippen LogP contribution in [0.2, 0.25) is 0 Å². The van der Waals surface area contributed by atoms with Crippen molar-refractivity contribution in [1.29, 1.82) is 0 Å². The Bertz CT molecular complexity index is 451. The molecule has 1 aliphatic heterocycles. The molecular weight excluding hydrogens is 305 g/mol. The zero-order valence-corrected chi connectivity index (χ0v) is 12.6. The van der Waals surface area contributed by atoms with Crippen molar-refractivity contribution >= 4 is 17.8 Å². The van der Waals surface area contributed by atoms with E-state index in [2.05, 4.69) is 4.74 Å². The molecule has 0 aliphatic carbocycles. The highest BCUT2D eigenvalue weighted by Gasteiger charge is 2.42. The lowest BCUT2D eigenvalue weighted by molar-refractivity contribution is -0.157. The number of likely N-dealkylation sites (tertiary alicyclic amines) is 1. The van der Waals surface area contributed by atoms with E-state index >= 15 is 0 Å². The summed E-state index contributed by atoms with van der Waals surface area (Å²) in [6.45, 7) is 1.39. The maximum absolute atomic E-state index is 12.4. The number of hydrogen-bond acceptors (Lipinski definition) is 4. The number of methoxy groups -OCH3 is 1. The number of hydrogen-bond donors (Lipinski definition) is 0. The zero-order chi connectivity index (χ0) is 17.1. The van der Waals surface area contributed by atoms with Crippen molar-refractivity contribution in [1.82, 2.24) is 9.80 Å². The molecule has 1 aliphatic rings. The first-order chi connectivity index (χ1) is 10.0. The molecule has 6 nitrogen and oxygen atoms in total. The van der Waals surface area contributed by atoms with Gasteiger partial charge >= 0.3 is 12.1 Å². The molecule has 0 aromatic rings. The third-order valence-corrected chi connectivity index (χ3v) is 3.37. The third-order valence-electron chi connectivity index (χ3n) is 3.37. The fraction of sp³-hybridized carbons (Fsp3) is 0.769. The molecular formula is C13H19F3N2O4. The summed E-state index contributed by atoms with van der Waals surface area (Å²) < 4.78 is 41.6. The minimum absolute atomic E-state index is 0.278. The van der Waals surface area contributed by atoms with Crippen molar-refractivity contribution in [2.24, 2.45) is 5.92 Å². The van der Waals surface area contributed by atoms with Gasteiger partial charge in [-0.3, -0.25) is 14.4 Å². The molecule has 1 heterocycles. The van der Waals surface area contributed by atoms with Crippen molar-refractivity contribution in [3.05, 3.63) is 0 Å². The molecule has 1 saturated heterocycles. The van der Waals surface area contributed by atoms with Gasteiger partial charge in [0.2, 0.25) is 11.8 Å². The van der Waals surface area contributed by atoms with Crippen LogP contribution in [0.3, 0.4) is 0 Å². The minimum Gasteiger partial charge on any atom is -0.468 e. The smallest absolute Gasteiger partial charge is 0.406 e. The summed E-state index contributed by atoms with van der Waals surface area (Å²) in [6, 6.07) is -0.335. The molecule has 0 aromatic carbocycles. The summed E-state index contributed by atoms with van der Waals surface area (Å²) in [4.78, 5) is 37.1. The number of halogens is 3. The van der Waals surface area contributed by atoms with E-state index in [1.807, 2.05) is 0 Å². The summed E-state index contributed by atoms with van der Waals surface area (Å²) in [5, 5.41) is 0. The second-order valence-electron chi connectivity index (χ2n) is 5.43. The van der Waals surface area contributed by atoms with Gasteiger partial charge in [0, 0.05) is 19.0 Å². The number of amides is 2. The number of ether oxygens (including phenoxy) is 1. The van der Waals surface area contributed by atoms with Gasteiger partial charge in [-0.15, -0.1) is 0 Å². The molecule has 0 N–H and O–H groups in total. The molecule has 126 valence electrons. The standard InChI is InChI=1S/C13H19F3N2O4/c1-8(2)18(6-11(20)22-3)12(21)9-4-10(19)17(5-9)7-13(14,15)16/h8-9H,4-7H2,1-3H3. The summed E-state index contributed by atoms with van der Waals surface area (Å²) in [7, 11) is 1.18. The Morgan fingerprint density at radius 3 is 2.45 bits per heavy atom. The first-order valence-electron chi connectivity index (χ1n) is 6.77. The first kappa shape index (κ1) is 18.2. The zero-order valence-electron chi connectivity index (χ0n) is 12.6. The highest BCUT2D eigenvalue weighted by molar-refractivity contribution is 5.91. The normalized spacial score (nSPS) is 18.8. The summed E-state index contributed by atoms with van der Waals surface area (Å²) in [6.07, 6.45) is -4.78. The molecule has 0 aromatic heterocycles. The highest BCUT2D eigenvalue weighted by Crippen LogP contribution is 2.25. The van der Waals surface area contributed by atoms with Crippen LogP contribution in [0.5, 0.6) is 0 Å². The minimum atomic E-state index is -4.50. The number of carbonyl (C=O) groups is 3. The molecule has 1 atom stereocenters. The average molecular weight is 324 g/mol. The monoisotopic (exact) mass is 324 g/mol. The number of nitrogens with zero attached hydrogens (tertiary/aromatic N) is 2. The molecule has 1 fully saturated rings. The van der Waals surface area contributed by atoms with Gasteiger partial charge in [-0.05, 0) is 13.8 Å². The second kappa shape index (κ2) is 6.97. The van der Waals surface area contributed by atoms with Gasteiger partial charge in [0.15, 0.2) is 0 Å². The largest absolute Gasteiger partial charge is 0.468 e. The van der Waals surface area contributed by atoms with Crippen molar-refractivity contribution < 1.29 is 32.3 Å². The maximum Gasteiger partial charge on any atom is 0.406 e. The number of alkyl halides is 3. The number of carbonyl (C=O) groups excluding carboxylic acids is 3. The molecule has 9 heteroatoms. The fourth-order valence-electron chi connectivity index (χ4n) is 2.26. The van der Waals surface area contributed by atoms with Gasteiger partial charge in [-0.1, -0.05) is 0 Å². The first-order valence-corrected chi connectivity index (χ1v) is 6.77. The van der Waals surface area contributed by atoms with E-state index < -0.39 is 36.4 Å². The summed E-state index contributed by atoms with van der Waals surface area (Å²) in [5.74, 6) is -2.73. The van der Waals surface area contributed by atoms with Gasteiger partial charge in [0.05, 0.1) is 13.0 Å². The second-order valence-corrected chi connectivity index (χ2v) is 5.43. The van der Waals surface area contributed by atoms with Gasteiger partial charge < -0.3 is 14.5 Å². The lowest BCUT2D eigenvalue weighted by Crippen LogP contribution is -2.45. The number of rotatable bonds is 5. The Labute approximate surface area is 126 Å². The van der Waals surface area contributed by atoms with Crippen LogP contribution in [-0.4, -0.2) is 66.5 Å². The lowest BCUT2D eigenvalue weighted by atomic mass is 10.1. The van der Waals surface area contributed by atoms with Gasteiger partial charge in [0.1, 0.15) is 13.1 Å². The van der Waals surface area contributed by atoms with Crippen molar-refractivity contribution in [3.63, 3.8) is 0 Å². The summed E-state index contributed by atoms with van der Waals surface area (Å²) in [5.41, 5.74) is 0.